The predicted octanol–water partition coefficient (Wildman–Crippen LogP) is 2.20. The van der Waals surface area contributed by atoms with E-state index < -0.39 is 0 Å². The molecule has 148 valence electrons. The summed E-state index contributed by atoms with van der Waals surface area (Å²) < 4.78 is 11.5. The van der Waals surface area contributed by atoms with Crippen LogP contribution in [-0.2, 0) is 9.47 Å². The van der Waals surface area contributed by atoms with Gasteiger partial charge in [0.25, 0.3) is 0 Å². The second-order valence-electron chi connectivity index (χ2n) is 7.50. The van der Waals surface area contributed by atoms with Crippen molar-refractivity contribution in [3.63, 3.8) is 0 Å². The lowest BCUT2D eigenvalue weighted by molar-refractivity contribution is 0.0170. The summed E-state index contributed by atoms with van der Waals surface area (Å²) in [5.74, 6) is 0.835. The summed E-state index contributed by atoms with van der Waals surface area (Å²) in [7, 11) is 1.82. The molecule has 0 aromatic heterocycles. The lowest BCUT2D eigenvalue weighted by atomic mass is 9.96. The second-order valence-corrected chi connectivity index (χ2v) is 7.91. The van der Waals surface area contributed by atoms with Gasteiger partial charge in [-0.3, -0.25) is 9.89 Å². The molecule has 0 amide bonds. The number of guanidine groups is 1. The van der Waals surface area contributed by atoms with Crippen molar-refractivity contribution in [2.45, 2.75) is 43.6 Å². The Morgan fingerprint density at radius 3 is 2.78 bits per heavy atom. The molecule has 4 atom stereocenters. The Labute approximate surface area is 166 Å². The van der Waals surface area contributed by atoms with E-state index in [1.165, 1.54) is 6.42 Å². The third-order valence-electron chi connectivity index (χ3n) is 5.87. The van der Waals surface area contributed by atoms with Gasteiger partial charge in [0.15, 0.2) is 5.96 Å². The molecule has 27 heavy (non-hydrogen) atoms. The van der Waals surface area contributed by atoms with E-state index in [-0.39, 0.29) is 6.04 Å². The minimum absolute atomic E-state index is 0.178. The van der Waals surface area contributed by atoms with E-state index in [9.17, 15) is 0 Å². The van der Waals surface area contributed by atoms with Crippen LogP contribution in [0.4, 0.5) is 0 Å². The van der Waals surface area contributed by atoms with Gasteiger partial charge in [-0.1, -0.05) is 29.8 Å². The van der Waals surface area contributed by atoms with Crippen molar-refractivity contribution in [2.24, 2.45) is 4.99 Å². The maximum Gasteiger partial charge on any atom is 0.191 e. The molecule has 0 aliphatic carbocycles. The first-order chi connectivity index (χ1) is 13.2. The third kappa shape index (κ3) is 4.40. The molecular weight excluding hydrogens is 364 g/mol. The average Bonchev–Trinajstić information content (AvgIpc) is 3.32. The van der Waals surface area contributed by atoms with Crippen LogP contribution in [0.3, 0.4) is 0 Å². The zero-order valence-corrected chi connectivity index (χ0v) is 16.6. The van der Waals surface area contributed by atoms with Gasteiger partial charge in [0, 0.05) is 31.7 Å². The molecule has 4 unspecified atom stereocenters. The standard InChI is InChI=1S/C20H29ClN4O2/c1-22-20(24-17-12-14-6-7-19(17)27-14)23-13-18(25-8-10-26-11-9-25)15-4-2-3-5-16(15)21/h2-5,14,17-19H,6-13H2,1H3,(H2,22,23,24). The van der Waals surface area contributed by atoms with E-state index in [1.54, 1.807) is 0 Å². The van der Waals surface area contributed by atoms with E-state index in [0.29, 0.717) is 18.2 Å². The Bertz CT molecular complexity index is 665. The average molecular weight is 393 g/mol. The van der Waals surface area contributed by atoms with Crippen LogP contribution in [0.25, 0.3) is 0 Å². The van der Waals surface area contributed by atoms with Crippen LogP contribution in [0.2, 0.25) is 5.02 Å². The smallest absolute Gasteiger partial charge is 0.191 e. The first-order valence-corrected chi connectivity index (χ1v) is 10.3. The van der Waals surface area contributed by atoms with Crippen molar-refractivity contribution in [3.8, 4) is 0 Å². The first-order valence-electron chi connectivity index (χ1n) is 9.93. The number of aliphatic imine (C=N–C) groups is 1. The van der Waals surface area contributed by atoms with Crippen molar-refractivity contribution in [2.75, 3.05) is 39.9 Å². The number of hydrogen-bond donors (Lipinski definition) is 2. The quantitative estimate of drug-likeness (QED) is 0.594. The van der Waals surface area contributed by atoms with Crippen LogP contribution < -0.4 is 10.6 Å². The SMILES string of the molecule is CN=C(NCC(c1ccccc1Cl)N1CCOCC1)NC1CC2CCC1O2. The van der Waals surface area contributed by atoms with Crippen LogP contribution in [-0.4, -0.2) is 69.0 Å². The van der Waals surface area contributed by atoms with Gasteiger partial charge in [-0.2, -0.15) is 0 Å². The van der Waals surface area contributed by atoms with E-state index in [0.717, 1.165) is 62.2 Å². The van der Waals surface area contributed by atoms with Crippen LogP contribution in [0, 0.1) is 0 Å². The molecule has 3 heterocycles. The summed E-state index contributed by atoms with van der Waals surface area (Å²) >= 11 is 6.52. The Morgan fingerprint density at radius 1 is 1.30 bits per heavy atom. The summed E-state index contributed by atoms with van der Waals surface area (Å²) in [6.07, 6.45) is 4.17. The van der Waals surface area contributed by atoms with Gasteiger partial charge in [0.2, 0.25) is 0 Å². The largest absolute Gasteiger partial charge is 0.379 e. The van der Waals surface area contributed by atoms with Crippen molar-refractivity contribution in [1.82, 2.24) is 15.5 Å². The number of nitrogens with one attached hydrogen (secondary N) is 2. The van der Waals surface area contributed by atoms with Gasteiger partial charge < -0.3 is 20.1 Å². The highest BCUT2D eigenvalue weighted by Gasteiger charge is 2.41. The highest BCUT2D eigenvalue weighted by atomic mass is 35.5. The molecule has 0 radical (unpaired) electrons. The van der Waals surface area contributed by atoms with Crippen LogP contribution in [0.15, 0.2) is 29.3 Å². The van der Waals surface area contributed by atoms with E-state index in [4.69, 9.17) is 21.1 Å². The van der Waals surface area contributed by atoms with Gasteiger partial charge in [-0.25, -0.2) is 0 Å². The fraction of sp³-hybridized carbons (Fsp3) is 0.650. The third-order valence-corrected chi connectivity index (χ3v) is 6.21. The van der Waals surface area contributed by atoms with E-state index in [2.05, 4.69) is 26.6 Å². The topological polar surface area (TPSA) is 58.1 Å². The number of rotatable bonds is 5. The summed E-state index contributed by atoms with van der Waals surface area (Å²) in [5.41, 5.74) is 1.15. The Kier molecular flexibility index (Phi) is 6.18. The maximum absolute atomic E-state index is 6.52. The highest BCUT2D eigenvalue weighted by molar-refractivity contribution is 6.31. The fourth-order valence-electron chi connectivity index (χ4n) is 4.42. The van der Waals surface area contributed by atoms with Gasteiger partial charge in [0.1, 0.15) is 0 Å². The molecule has 0 saturated carbocycles. The molecule has 4 rings (SSSR count). The zero-order valence-electron chi connectivity index (χ0n) is 15.9. The molecule has 1 aromatic carbocycles. The summed E-state index contributed by atoms with van der Waals surface area (Å²) in [6.45, 7) is 4.07. The molecule has 6 nitrogen and oxygen atoms in total. The Hall–Kier alpha value is -1.34. The number of nitrogens with zero attached hydrogens (tertiary/aromatic N) is 2. The van der Waals surface area contributed by atoms with E-state index in [1.807, 2.05) is 25.2 Å². The molecule has 3 fully saturated rings. The van der Waals surface area contributed by atoms with Crippen molar-refractivity contribution in [1.29, 1.82) is 0 Å². The molecular formula is C20H29ClN4O2. The van der Waals surface area contributed by atoms with Crippen molar-refractivity contribution < 1.29 is 9.47 Å². The molecule has 2 bridgehead atoms. The summed E-state index contributed by atoms with van der Waals surface area (Å²) in [4.78, 5) is 6.87. The van der Waals surface area contributed by atoms with Gasteiger partial charge >= 0.3 is 0 Å². The Balaban J connectivity index is 1.42. The highest BCUT2D eigenvalue weighted by Crippen LogP contribution is 2.34. The molecule has 1 aromatic rings. The second kappa shape index (κ2) is 8.78. The predicted molar refractivity (Wildman–Crippen MR) is 107 cm³/mol. The summed E-state index contributed by atoms with van der Waals surface area (Å²) in [5, 5.41) is 7.89. The van der Waals surface area contributed by atoms with Crippen LogP contribution in [0.1, 0.15) is 30.9 Å². The Morgan fingerprint density at radius 2 is 2.11 bits per heavy atom. The van der Waals surface area contributed by atoms with Crippen molar-refractivity contribution >= 4 is 17.6 Å². The monoisotopic (exact) mass is 392 g/mol. The number of benzene rings is 1. The molecule has 3 aliphatic rings. The van der Waals surface area contributed by atoms with Crippen molar-refractivity contribution in [3.05, 3.63) is 34.9 Å². The van der Waals surface area contributed by atoms with Gasteiger partial charge in [-0.05, 0) is 30.9 Å². The zero-order chi connectivity index (χ0) is 18.6. The molecule has 2 N–H and O–H groups in total. The molecule has 3 saturated heterocycles. The molecule has 0 spiro atoms. The van der Waals surface area contributed by atoms with Gasteiger partial charge in [0.05, 0.1) is 37.5 Å². The number of fused-ring (bicyclic) bond motifs is 2. The number of morpholine rings is 1. The van der Waals surface area contributed by atoms with Crippen LogP contribution >= 0.6 is 11.6 Å². The summed E-state index contributed by atoms with van der Waals surface area (Å²) in [6, 6.07) is 8.64. The number of hydrogen-bond acceptors (Lipinski definition) is 4. The lowest BCUT2D eigenvalue weighted by Gasteiger charge is -2.35. The maximum atomic E-state index is 6.52. The minimum Gasteiger partial charge on any atom is -0.379 e. The lowest BCUT2D eigenvalue weighted by Crippen LogP contribution is -2.50. The van der Waals surface area contributed by atoms with Gasteiger partial charge in [-0.15, -0.1) is 0 Å². The minimum atomic E-state index is 0.178. The fourth-order valence-corrected chi connectivity index (χ4v) is 4.69. The normalized spacial score (nSPS) is 29.7. The molecule has 7 heteroatoms. The first kappa shape index (κ1) is 19.0. The number of ether oxygens (including phenoxy) is 2. The van der Waals surface area contributed by atoms with Crippen LogP contribution in [0.5, 0.6) is 0 Å². The number of halogens is 1. The molecule has 3 aliphatic heterocycles. The van der Waals surface area contributed by atoms with E-state index >= 15 is 0 Å².